The van der Waals surface area contributed by atoms with Crippen molar-refractivity contribution in [2.45, 2.75) is 46.1 Å². The Balaban J connectivity index is 0.00000169. The van der Waals surface area contributed by atoms with Gasteiger partial charge in [-0.2, -0.15) is 0 Å². The highest BCUT2D eigenvalue weighted by molar-refractivity contribution is 4.97. The molecule has 0 bridgehead atoms. The van der Waals surface area contributed by atoms with Crippen molar-refractivity contribution in [3.63, 3.8) is 0 Å². The van der Waals surface area contributed by atoms with Gasteiger partial charge in [-0.1, -0.05) is 26.3 Å². The molecule has 1 rings (SSSR count). The first-order valence-corrected chi connectivity index (χ1v) is 5.35. The van der Waals surface area contributed by atoms with Gasteiger partial charge in [-0.05, 0) is 6.42 Å². The fourth-order valence-corrected chi connectivity index (χ4v) is 1.56. The molecule has 0 aliphatic heterocycles. The molecule has 1 aromatic heterocycles. The molecule has 0 amide bonds. The minimum absolute atomic E-state index is 0. The lowest BCUT2D eigenvalue weighted by atomic mass is 10.2. The third kappa shape index (κ3) is 4.10. The smallest absolute Gasteiger partial charge is 0.181 e. The standard InChI is InChI=1S/C12H20N.ClH/c1-3-5-8-12-9-6-7-11-13(12)10-4-2;/h6-7,9,11H,3-5,8,10H2,1-2H3;1H/q+1;/p-1. The number of aryl methyl sites for hydroxylation is 2. The third-order valence-electron chi connectivity index (χ3n) is 2.29. The molecule has 1 nitrogen and oxygen atoms in total. The number of nitrogens with zero attached hydrogens (tertiary/aromatic N) is 1. The summed E-state index contributed by atoms with van der Waals surface area (Å²) in [6.07, 6.45) is 7.20. The van der Waals surface area contributed by atoms with Gasteiger partial charge in [0.2, 0.25) is 0 Å². The summed E-state index contributed by atoms with van der Waals surface area (Å²) in [6, 6.07) is 6.49. The molecule has 14 heavy (non-hydrogen) atoms. The van der Waals surface area contributed by atoms with Gasteiger partial charge in [-0.15, -0.1) is 0 Å². The van der Waals surface area contributed by atoms with Gasteiger partial charge < -0.3 is 12.4 Å². The van der Waals surface area contributed by atoms with Crippen molar-refractivity contribution in [1.82, 2.24) is 0 Å². The van der Waals surface area contributed by atoms with Crippen LogP contribution in [0.3, 0.4) is 0 Å². The van der Waals surface area contributed by atoms with E-state index in [0.29, 0.717) is 0 Å². The number of unbranched alkanes of at least 4 members (excludes halogenated alkanes) is 1. The van der Waals surface area contributed by atoms with E-state index in [4.69, 9.17) is 0 Å². The first kappa shape index (κ1) is 13.4. The molecule has 2 heteroatoms. The molecular weight excluding hydrogens is 194 g/mol. The van der Waals surface area contributed by atoms with Crippen LogP contribution in [0.4, 0.5) is 0 Å². The molecule has 1 aromatic rings. The van der Waals surface area contributed by atoms with E-state index >= 15 is 0 Å². The summed E-state index contributed by atoms with van der Waals surface area (Å²) in [5, 5.41) is 0. The predicted molar refractivity (Wildman–Crippen MR) is 55.5 cm³/mol. The van der Waals surface area contributed by atoms with Crippen LogP contribution in [0.15, 0.2) is 24.4 Å². The summed E-state index contributed by atoms with van der Waals surface area (Å²) in [5.74, 6) is 0. The lowest BCUT2D eigenvalue weighted by Gasteiger charge is -2.01. The summed E-state index contributed by atoms with van der Waals surface area (Å²) < 4.78 is 2.37. The van der Waals surface area contributed by atoms with E-state index in [1.165, 1.54) is 31.4 Å². The van der Waals surface area contributed by atoms with Gasteiger partial charge in [0.05, 0.1) is 0 Å². The number of halogens is 1. The number of hydrogen-bond donors (Lipinski definition) is 0. The lowest BCUT2D eigenvalue weighted by molar-refractivity contribution is -0.704. The van der Waals surface area contributed by atoms with Crippen LogP contribution in [0.25, 0.3) is 0 Å². The van der Waals surface area contributed by atoms with Crippen molar-refractivity contribution in [3.05, 3.63) is 30.1 Å². The fraction of sp³-hybridized carbons (Fsp3) is 0.583. The lowest BCUT2D eigenvalue weighted by Crippen LogP contribution is -3.00. The average Bonchev–Trinajstić information content (AvgIpc) is 2.17. The Bertz CT molecular complexity index is 248. The van der Waals surface area contributed by atoms with Gasteiger partial charge in [-0.3, -0.25) is 0 Å². The topological polar surface area (TPSA) is 3.88 Å². The fourth-order valence-electron chi connectivity index (χ4n) is 1.56. The van der Waals surface area contributed by atoms with E-state index in [-0.39, 0.29) is 12.4 Å². The van der Waals surface area contributed by atoms with Crippen LogP contribution in [-0.2, 0) is 13.0 Å². The second kappa shape index (κ2) is 7.81. The molecule has 0 radical (unpaired) electrons. The van der Waals surface area contributed by atoms with Crippen molar-refractivity contribution >= 4 is 0 Å². The Morgan fingerprint density at radius 1 is 1.14 bits per heavy atom. The van der Waals surface area contributed by atoms with E-state index in [9.17, 15) is 0 Å². The molecule has 0 saturated carbocycles. The van der Waals surface area contributed by atoms with Gasteiger partial charge >= 0.3 is 0 Å². The molecule has 0 aliphatic carbocycles. The van der Waals surface area contributed by atoms with E-state index in [2.05, 4.69) is 42.8 Å². The van der Waals surface area contributed by atoms with Gasteiger partial charge in [0.25, 0.3) is 0 Å². The summed E-state index contributed by atoms with van der Waals surface area (Å²) in [4.78, 5) is 0. The largest absolute Gasteiger partial charge is 1.00 e. The molecule has 0 fully saturated rings. The van der Waals surface area contributed by atoms with Crippen LogP contribution in [-0.4, -0.2) is 0 Å². The molecule has 0 atom stereocenters. The number of aromatic nitrogens is 1. The minimum Gasteiger partial charge on any atom is -1.00 e. The van der Waals surface area contributed by atoms with Crippen molar-refractivity contribution in [2.24, 2.45) is 0 Å². The van der Waals surface area contributed by atoms with E-state index in [1.54, 1.807) is 0 Å². The van der Waals surface area contributed by atoms with Crippen LogP contribution < -0.4 is 17.0 Å². The Morgan fingerprint density at radius 3 is 2.57 bits per heavy atom. The third-order valence-corrected chi connectivity index (χ3v) is 2.29. The van der Waals surface area contributed by atoms with Crippen molar-refractivity contribution in [1.29, 1.82) is 0 Å². The quantitative estimate of drug-likeness (QED) is 0.594. The van der Waals surface area contributed by atoms with Crippen molar-refractivity contribution < 1.29 is 17.0 Å². The first-order chi connectivity index (χ1) is 6.38. The second-order valence-electron chi connectivity index (χ2n) is 3.49. The highest BCUT2D eigenvalue weighted by Gasteiger charge is 2.06. The SMILES string of the molecule is CCCCc1cccc[n+]1CCC.[Cl-]. The van der Waals surface area contributed by atoms with Gasteiger partial charge in [0.1, 0.15) is 6.54 Å². The van der Waals surface area contributed by atoms with Gasteiger partial charge in [0.15, 0.2) is 11.9 Å². The van der Waals surface area contributed by atoms with E-state index in [0.717, 1.165) is 6.54 Å². The Morgan fingerprint density at radius 2 is 1.93 bits per heavy atom. The summed E-state index contributed by atoms with van der Waals surface area (Å²) in [6.45, 7) is 5.62. The highest BCUT2D eigenvalue weighted by atomic mass is 35.5. The van der Waals surface area contributed by atoms with E-state index < -0.39 is 0 Å². The minimum atomic E-state index is 0. The molecule has 0 saturated heterocycles. The normalized spacial score (nSPS) is 9.57. The maximum absolute atomic E-state index is 2.37. The zero-order chi connectivity index (χ0) is 9.52. The summed E-state index contributed by atoms with van der Waals surface area (Å²) in [7, 11) is 0. The number of pyridine rings is 1. The van der Waals surface area contributed by atoms with Crippen molar-refractivity contribution in [2.75, 3.05) is 0 Å². The Labute approximate surface area is 93.6 Å². The number of rotatable bonds is 5. The molecule has 1 heterocycles. The molecule has 0 aromatic carbocycles. The Kier molecular flexibility index (Phi) is 7.50. The maximum atomic E-state index is 2.37. The second-order valence-corrected chi connectivity index (χ2v) is 3.49. The number of hydrogen-bond acceptors (Lipinski definition) is 0. The Hall–Kier alpha value is -0.560. The first-order valence-electron chi connectivity index (χ1n) is 5.35. The molecule has 80 valence electrons. The molecule has 0 N–H and O–H groups in total. The van der Waals surface area contributed by atoms with Crippen LogP contribution in [0.1, 0.15) is 38.8 Å². The van der Waals surface area contributed by atoms with Crippen LogP contribution in [0.2, 0.25) is 0 Å². The zero-order valence-corrected chi connectivity index (χ0v) is 9.93. The predicted octanol–water partition coefficient (Wildman–Crippen LogP) is -0.269. The summed E-state index contributed by atoms with van der Waals surface area (Å²) >= 11 is 0. The molecular formula is C12H20ClN. The van der Waals surface area contributed by atoms with Gasteiger partial charge in [-0.25, -0.2) is 4.57 Å². The van der Waals surface area contributed by atoms with E-state index in [1.807, 2.05) is 0 Å². The maximum Gasteiger partial charge on any atom is 0.181 e. The molecule has 0 unspecified atom stereocenters. The molecule has 0 aliphatic rings. The van der Waals surface area contributed by atoms with Crippen LogP contribution in [0, 0.1) is 0 Å². The van der Waals surface area contributed by atoms with Crippen LogP contribution in [0.5, 0.6) is 0 Å². The van der Waals surface area contributed by atoms with Crippen molar-refractivity contribution in [3.8, 4) is 0 Å². The van der Waals surface area contributed by atoms with Gasteiger partial charge in [0, 0.05) is 25.0 Å². The summed E-state index contributed by atoms with van der Waals surface area (Å²) in [5.41, 5.74) is 1.48. The van der Waals surface area contributed by atoms with Crippen LogP contribution >= 0.6 is 0 Å². The highest BCUT2D eigenvalue weighted by Crippen LogP contribution is 1.99. The monoisotopic (exact) mass is 213 g/mol. The zero-order valence-electron chi connectivity index (χ0n) is 9.17. The molecule has 0 spiro atoms. The average molecular weight is 214 g/mol.